The van der Waals surface area contributed by atoms with Crippen molar-refractivity contribution in [3.63, 3.8) is 0 Å². The number of primary amides is 1. The fourth-order valence-corrected chi connectivity index (χ4v) is 3.52. The van der Waals surface area contributed by atoms with E-state index in [-0.39, 0.29) is 11.9 Å². The Morgan fingerprint density at radius 2 is 2.32 bits per heavy atom. The minimum Gasteiger partial charge on any atom is -0.368 e. The first kappa shape index (κ1) is 14.2. The van der Waals surface area contributed by atoms with Crippen molar-refractivity contribution in [2.75, 3.05) is 17.2 Å². The maximum absolute atomic E-state index is 11.5. The summed E-state index contributed by atoms with van der Waals surface area (Å²) in [6.45, 7) is 3.49. The number of nitrogens with two attached hydrogens (primary N) is 2. The summed E-state index contributed by atoms with van der Waals surface area (Å²) in [4.78, 5) is 14.9. The van der Waals surface area contributed by atoms with Crippen molar-refractivity contribution in [3.8, 4) is 0 Å². The van der Waals surface area contributed by atoms with Crippen LogP contribution in [0.3, 0.4) is 0 Å². The maximum Gasteiger partial charge on any atom is 0.240 e. The number of anilines is 1. The van der Waals surface area contributed by atoms with E-state index in [4.69, 9.17) is 11.5 Å². The van der Waals surface area contributed by atoms with Gasteiger partial charge in [-0.05, 0) is 30.7 Å². The zero-order valence-corrected chi connectivity index (χ0v) is 12.1. The summed E-state index contributed by atoms with van der Waals surface area (Å²) in [5.41, 5.74) is 13.6. The summed E-state index contributed by atoms with van der Waals surface area (Å²) in [7, 11) is 0. The Morgan fingerprint density at radius 3 is 2.95 bits per heavy atom. The van der Waals surface area contributed by atoms with Gasteiger partial charge in [0, 0.05) is 29.2 Å². The van der Waals surface area contributed by atoms with E-state index in [1.807, 2.05) is 12.1 Å². The molecular weight excluding hydrogens is 258 g/mol. The molecule has 104 valence electrons. The van der Waals surface area contributed by atoms with Gasteiger partial charge >= 0.3 is 0 Å². The molecule has 1 aromatic carbocycles. The predicted octanol–water partition coefficient (Wildman–Crippen LogP) is 1.71. The molecule has 0 saturated carbocycles. The number of hydrogen-bond donors (Lipinski definition) is 2. The number of rotatable bonds is 5. The van der Waals surface area contributed by atoms with Crippen LogP contribution in [0.1, 0.15) is 25.3 Å². The van der Waals surface area contributed by atoms with Crippen LogP contribution in [0.15, 0.2) is 23.1 Å². The Bertz CT molecular complexity index is 464. The van der Waals surface area contributed by atoms with E-state index < -0.39 is 0 Å². The fraction of sp³-hybridized carbons (Fsp3) is 0.500. The van der Waals surface area contributed by atoms with Gasteiger partial charge in [0.1, 0.15) is 6.04 Å². The zero-order valence-electron chi connectivity index (χ0n) is 11.3. The van der Waals surface area contributed by atoms with Gasteiger partial charge in [-0.2, -0.15) is 0 Å². The molecule has 0 bridgehead atoms. The van der Waals surface area contributed by atoms with Gasteiger partial charge in [0.25, 0.3) is 0 Å². The molecular formula is C14H21N3OS. The zero-order chi connectivity index (χ0) is 13.8. The molecule has 0 spiro atoms. The second kappa shape index (κ2) is 6.30. The highest BCUT2D eigenvalue weighted by molar-refractivity contribution is 7.99. The lowest BCUT2D eigenvalue weighted by Crippen LogP contribution is -2.40. The molecule has 1 atom stereocenters. The summed E-state index contributed by atoms with van der Waals surface area (Å²) < 4.78 is 0. The molecule has 1 saturated heterocycles. The van der Waals surface area contributed by atoms with Crippen LogP contribution in [-0.4, -0.2) is 24.2 Å². The number of hydrogen-bond acceptors (Lipinski definition) is 4. The molecule has 1 unspecified atom stereocenters. The van der Waals surface area contributed by atoms with Crippen LogP contribution < -0.4 is 16.4 Å². The van der Waals surface area contributed by atoms with Crippen LogP contribution in [0.5, 0.6) is 0 Å². The Hall–Kier alpha value is -1.20. The minimum absolute atomic E-state index is 0.188. The lowest BCUT2D eigenvalue weighted by molar-refractivity contribution is -0.119. The molecule has 1 heterocycles. The Kier molecular flexibility index (Phi) is 4.71. The topological polar surface area (TPSA) is 72.3 Å². The summed E-state index contributed by atoms with van der Waals surface area (Å²) in [5.74, 6) is 0.768. The number of carbonyl (C=O) groups is 1. The van der Waals surface area contributed by atoms with E-state index in [0.29, 0.717) is 6.54 Å². The monoisotopic (exact) mass is 279 g/mol. The minimum atomic E-state index is -0.242. The smallest absolute Gasteiger partial charge is 0.240 e. The Morgan fingerprint density at radius 1 is 1.53 bits per heavy atom. The standard InChI is InChI=1S/C14H21N3OS/c1-2-19-13-7-3-5-11(10(13)9-15)17-8-4-6-12(17)14(16)18/h3,5,7,12H,2,4,6,8-9,15H2,1H3,(H2,16,18). The SMILES string of the molecule is CCSc1cccc(N2CCCC2C(N)=O)c1CN. The van der Waals surface area contributed by atoms with Crippen molar-refractivity contribution < 1.29 is 4.79 Å². The molecule has 4 nitrogen and oxygen atoms in total. The summed E-state index contributed by atoms with van der Waals surface area (Å²) in [6, 6.07) is 5.98. The summed E-state index contributed by atoms with van der Waals surface area (Å²) >= 11 is 1.79. The van der Waals surface area contributed by atoms with Gasteiger partial charge in [0.15, 0.2) is 0 Å². The molecule has 0 aliphatic carbocycles. The third kappa shape index (κ3) is 2.87. The first-order valence-corrected chi connectivity index (χ1v) is 7.68. The quantitative estimate of drug-likeness (QED) is 0.805. The van der Waals surface area contributed by atoms with Crippen molar-refractivity contribution >= 4 is 23.4 Å². The fourth-order valence-electron chi connectivity index (χ4n) is 2.67. The van der Waals surface area contributed by atoms with Gasteiger partial charge in [-0.25, -0.2) is 0 Å². The maximum atomic E-state index is 11.5. The first-order valence-electron chi connectivity index (χ1n) is 6.69. The number of nitrogens with zero attached hydrogens (tertiary/aromatic N) is 1. The van der Waals surface area contributed by atoms with Crippen LogP contribution >= 0.6 is 11.8 Å². The van der Waals surface area contributed by atoms with Crippen LogP contribution in [0, 0.1) is 0 Å². The molecule has 19 heavy (non-hydrogen) atoms. The number of thioether (sulfide) groups is 1. The molecule has 1 aliphatic heterocycles. The van der Waals surface area contributed by atoms with E-state index in [0.717, 1.165) is 36.4 Å². The molecule has 1 fully saturated rings. The van der Waals surface area contributed by atoms with E-state index in [9.17, 15) is 4.79 Å². The number of amides is 1. The third-order valence-electron chi connectivity index (χ3n) is 3.50. The number of benzene rings is 1. The molecule has 1 amide bonds. The van der Waals surface area contributed by atoms with Gasteiger partial charge < -0.3 is 16.4 Å². The van der Waals surface area contributed by atoms with Gasteiger partial charge in [-0.1, -0.05) is 13.0 Å². The largest absolute Gasteiger partial charge is 0.368 e. The molecule has 1 aromatic rings. The molecule has 0 aromatic heterocycles. The highest BCUT2D eigenvalue weighted by Gasteiger charge is 2.30. The summed E-state index contributed by atoms with van der Waals surface area (Å²) in [5, 5.41) is 0. The molecule has 1 aliphatic rings. The second-order valence-electron chi connectivity index (χ2n) is 4.64. The van der Waals surface area contributed by atoms with Crippen molar-refractivity contribution in [2.45, 2.75) is 37.2 Å². The van der Waals surface area contributed by atoms with Crippen LogP contribution in [0.25, 0.3) is 0 Å². The van der Waals surface area contributed by atoms with Crippen molar-refractivity contribution in [2.24, 2.45) is 11.5 Å². The Labute approximate surface area is 118 Å². The molecule has 0 radical (unpaired) electrons. The average molecular weight is 279 g/mol. The van der Waals surface area contributed by atoms with Crippen molar-refractivity contribution in [3.05, 3.63) is 23.8 Å². The van der Waals surface area contributed by atoms with Gasteiger partial charge in [-0.15, -0.1) is 11.8 Å². The van der Waals surface area contributed by atoms with E-state index in [2.05, 4.69) is 17.9 Å². The summed E-state index contributed by atoms with van der Waals surface area (Å²) in [6.07, 6.45) is 1.84. The second-order valence-corrected chi connectivity index (χ2v) is 5.95. The lowest BCUT2D eigenvalue weighted by atomic mass is 10.1. The third-order valence-corrected chi connectivity index (χ3v) is 4.49. The van der Waals surface area contributed by atoms with Crippen molar-refractivity contribution in [1.82, 2.24) is 0 Å². The van der Waals surface area contributed by atoms with E-state index in [1.54, 1.807) is 11.8 Å². The average Bonchev–Trinajstić information content (AvgIpc) is 2.88. The predicted molar refractivity (Wildman–Crippen MR) is 80.3 cm³/mol. The highest BCUT2D eigenvalue weighted by atomic mass is 32.2. The van der Waals surface area contributed by atoms with Gasteiger partial charge in [0.05, 0.1) is 0 Å². The van der Waals surface area contributed by atoms with E-state index >= 15 is 0 Å². The van der Waals surface area contributed by atoms with Gasteiger partial charge in [-0.3, -0.25) is 4.79 Å². The van der Waals surface area contributed by atoms with Gasteiger partial charge in [0.2, 0.25) is 5.91 Å². The molecule has 4 N–H and O–H groups in total. The normalized spacial score (nSPS) is 18.8. The van der Waals surface area contributed by atoms with Crippen LogP contribution in [-0.2, 0) is 11.3 Å². The van der Waals surface area contributed by atoms with Crippen LogP contribution in [0.2, 0.25) is 0 Å². The van der Waals surface area contributed by atoms with Crippen LogP contribution in [0.4, 0.5) is 5.69 Å². The Balaban J connectivity index is 2.38. The lowest BCUT2D eigenvalue weighted by Gasteiger charge is -2.27. The molecule has 5 heteroatoms. The van der Waals surface area contributed by atoms with E-state index in [1.165, 1.54) is 4.90 Å². The first-order chi connectivity index (χ1) is 9.19. The van der Waals surface area contributed by atoms with Crippen molar-refractivity contribution in [1.29, 1.82) is 0 Å². The molecule has 2 rings (SSSR count). The highest BCUT2D eigenvalue weighted by Crippen LogP contribution is 2.34. The number of carbonyl (C=O) groups excluding carboxylic acids is 1.